The van der Waals surface area contributed by atoms with Gasteiger partial charge < -0.3 is 9.64 Å². The Balaban J connectivity index is 2.70. The molecule has 0 saturated heterocycles. The van der Waals surface area contributed by atoms with Crippen molar-refractivity contribution < 1.29 is 27.5 Å². The van der Waals surface area contributed by atoms with Crippen LogP contribution in [0.4, 0.5) is 13.2 Å². The highest BCUT2D eigenvalue weighted by Crippen LogP contribution is 2.29. The fourth-order valence-corrected chi connectivity index (χ4v) is 1.48. The molecule has 0 N–H and O–H groups in total. The van der Waals surface area contributed by atoms with Crippen molar-refractivity contribution in [1.29, 1.82) is 0 Å². The maximum absolute atomic E-state index is 12.4. The van der Waals surface area contributed by atoms with Crippen molar-refractivity contribution in [3.05, 3.63) is 35.4 Å². The molecule has 0 aromatic heterocycles. The monoisotopic (exact) mass is 289 g/mol. The highest BCUT2D eigenvalue weighted by atomic mass is 19.4. The van der Waals surface area contributed by atoms with Crippen molar-refractivity contribution in [2.75, 3.05) is 20.7 Å². The second kappa shape index (κ2) is 6.40. The van der Waals surface area contributed by atoms with E-state index < -0.39 is 23.6 Å². The fraction of sp³-hybridized carbons (Fsp3) is 0.385. The van der Waals surface area contributed by atoms with Gasteiger partial charge in [-0.15, -0.1) is 0 Å². The van der Waals surface area contributed by atoms with Crippen LogP contribution in [0.15, 0.2) is 24.3 Å². The van der Waals surface area contributed by atoms with E-state index >= 15 is 0 Å². The summed E-state index contributed by atoms with van der Waals surface area (Å²) >= 11 is 0. The van der Waals surface area contributed by atoms with Crippen LogP contribution in [0.2, 0.25) is 0 Å². The van der Waals surface area contributed by atoms with E-state index in [0.29, 0.717) is 0 Å². The molecule has 1 amide bonds. The van der Waals surface area contributed by atoms with E-state index in [1.807, 2.05) is 0 Å². The average molecular weight is 289 g/mol. The average Bonchev–Trinajstić information content (AvgIpc) is 2.42. The lowest BCUT2D eigenvalue weighted by atomic mass is 10.1. The van der Waals surface area contributed by atoms with Crippen LogP contribution in [0, 0.1) is 0 Å². The van der Waals surface area contributed by atoms with Gasteiger partial charge in [0.05, 0.1) is 19.1 Å². The van der Waals surface area contributed by atoms with Crippen molar-refractivity contribution >= 4 is 11.9 Å². The van der Waals surface area contributed by atoms with E-state index in [1.165, 1.54) is 19.1 Å². The summed E-state index contributed by atoms with van der Waals surface area (Å²) in [5.74, 6) is -0.917. The Bertz CT molecular complexity index is 483. The number of amides is 1. The Morgan fingerprint density at radius 1 is 1.20 bits per heavy atom. The number of hydrogen-bond donors (Lipinski definition) is 0. The Morgan fingerprint density at radius 2 is 1.75 bits per heavy atom. The van der Waals surface area contributed by atoms with E-state index in [9.17, 15) is 22.8 Å². The molecule has 0 radical (unpaired) electrons. The predicted octanol–water partition coefficient (Wildman–Crippen LogP) is 2.34. The van der Waals surface area contributed by atoms with Crippen LogP contribution < -0.4 is 0 Å². The smallest absolute Gasteiger partial charge is 0.416 e. The van der Waals surface area contributed by atoms with Crippen LogP contribution in [0.25, 0.3) is 0 Å². The van der Waals surface area contributed by atoms with Crippen LogP contribution in [0.1, 0.15) is 22.3 Å². The molecule has 0 fully saturated rings. The lowest BCUT2D eigenvalue weighted by molar-refractivity contribution is -0.141. The van der Waals surface area contributed by atoms with Crippen molar-refractivity contribution in [2.45, 2.75) is 12.6 Å². The van der Waals surface area contributed by atoms with Gasteiger partial charge in [0.2, 0.25) is 0 Å². The summed E-state index contributed by atoms with van der Waals surface area (Å²) in [4.78, 5) is 24.1. The number of benzene rings is 1. The molecular weight excluding hydrogens is 275 g/mol. The van der Waals surface area contributed by atoms with E-state index in [-0.39, 0.29) is 18.5 Å². The summed E-state index contributed by atoms with van der Waals surface area (Å²) in [6.07, 6.45) is -4.41. The molecule has 1 aromatic carbocycles. The molecule has 0 atom stereocenters. The van der Waals surface area contributed by atoms with Gasteiger partial charge in [-0.25, -0.2) is 0 Å². The zero-order chi connectivity index (χ0) is 15.3. The molecule has 0 spiro atoms. The molecule has 110 valence electrons. The number of rotatable bonds is 4. The summed E-state index contributed by atoms with van der Waals surface area (Å²) in [5, 5.41) is 0. The van der Waals surface area contributed by atoms with Gasteiger partial charge in [0.1, 0.15) is 0 Å². The molecular formula is C13H14F3NO3. The van der Waals surface area contributed by atoms with Crippen LogP contribution in [-0.4, -0.2) is 37.5 Å². The normalized spacial score (nSPS) is 11.1. The van der Waals surface area contributed by atoms with Gasteiger partial charge in [0.15, 0.2) is 0 Å². The van der Waals surface area contributed by atoms with E-state index in [1.54, 1.807) is 0 Å². The van der Waals surface area contributed by atoms with Crippen molar-refractivity contribution in [3.8, 4) is 0 Å². The molecule has 1 rings (SSSR count). The van der Waals surface area contributed by atoms with Crippen LogP contribution in [0.3, 0.4) is 0 Å². The van der Waals surface area contributed by atoms with Gasteiger partial charge in [0.25, 0.3) is 5.91 Å². The van der Waals surface area contributed by atoms with Gasteiger partial charge >= 0.3 is 12.1 Å². The van der Waals surface area contributed by atoms with E-state index in [2.05, 4.69) is 4.74 Å². The summed E-state index contributed by atoms with van der Waals surface area (Å²) in [7, 11) is 2.70. The first-order chi connectivity index (χ1) is 9.25. The molecule has 0 saturated carbocycles. The third-order valence-electron chi connectivity index (χ3n) is 2.68. The highest BCUT2D eigenvalue weighted by Gasteiger charge is 2.30. The number of methoxy groups -OCH3 is 1. The number of hydrogen-bond acceptors (Lipinski definition) is 3. The van der Waals surface area contributed by atoms with E-state index in [4.69, 9.17) is 0 Å². The third-order valence-corrected chi connectivity index (χ3v) is 2.68. The standard InChI is InChI=1S/C13H14F3NO3/c1-17(8-7-11(18)20-2)12(19)9-3-5-10(6-4-9)13(14,15)16/h3-6H,7-8H2,1-2H3. The number of halogens is 3. The van der Waals surface area contributed by atoms with Crippen LogP contribution >= 0.6 is 0 Å². The van der Waals surface area contributed by atoms with Gasteiger partial charge in [-0.05, 0) is 24.3 Å². The zero-order valence-electron chi connectivity index (χ0n) is 11.0. The molecule has 0 aliphatic rings. The minimum absolute atomic E-state index is 0.0272. The molecule has 0 unspecified atom stereocenters. The largest absolute Gasteiger partial charge is 0.469 e. The molecule has 0 heterocycles. The Kier molecular flexibility index (Phi) is 5.12. The van der Waals surface area contributed by atoms with E-state index in [0.717, 1.165) is 24.3 Å². The molecule has 0 bridgehead atoms. The Hall–Kier alpha value is -2.05. The lowest BCUT2D eigenvalue weighted by Gasteiger charge is -2.16. The quantitative estimate of drug-likeness (QED) is 0.799. The number of carbonyl (C=O) groups is 2. The van der Waals surface area contributed by atoms with Crippen LogP contribution in [-0.2, 0) is 15.7 Å². The number of nitrogens with zero attached hydrogens (tertiary/aromatic N) is 1. The molecule has 1 aromatic rings. The first kappa shape index (κ1) is 16.0. The molecule has 20 heavy (non-hydrogen) atoms. The number of carbonyl (C=O) groups excluding carboxylic acids is 2. The number of esters is 1. The maximum Gasteiger partial charge on any atom is 0.416 e. The fourth-order valence-electron chi connectivity index (χ4n) is 1.48. The predicted molar refractivity (Wildman–Crippen MR) is 65.0 cm³/mol. The topological polar surface area (TPSA) is 46.6 Å². The number of alkyl halides is 3. The lowest BCUT2D eigenvalue weighted by Crippen LogP contribution is -2.29. The third kappa shape index (κ3) is 4.25. The maximum atomic E-state index is 12.4. The van der Waals surface area contributed by atoms with Gasteiger partial charge in [-0.3, -0.25) is 9.59 Å². The molecule has 4 nitrogen and oxygen atoms in total. The molecule has 0 aliphatic carbocycles. The Morgan fingerprint density at radius 3 is 2.20 bits per heavy atom. The Labute approximate surface area is 114 Å². The first-order valence-corrected chi connectivity index (χ1v) is 5.75. The molecule has 0 aliphatic heterocycles. The minimum Gasteiger partial charge on any atom is -0.469 e. The van der Waals surface area contributed by atoms with Gasteiger partial charge in [0, 0.05) is 19.2 Å². The van der Waals surface area contributed by atoms with Gasteiger partial charge in [-0.2, -0.15) is 13.2 Å². The number of ether oxygens (including phenoxy) is 1. The molecule has 7 heteroatoms. The van der Waals surface area contributed by atoms with Crippen molar-refractivity contribution in [1.82, 2.24) is 4.90 Å². The second-order valence-corrected chi connectivity index (χ2v) is 4.13. The summed E-state index contributed by atoms with van der Waals surface area (Å²) < 4.78 is 41.6. The zero-order valence-corrected chi connectivity index (χ0v) is 11.0. The van der Waals surface area contributed by atoms with Gasteiger partial charge in [-0.1, -0.05) is 0 Å². The first-order valence-electron chi connectivity index (χ1n) is 5.75. The van der Waals surface area contributed by atoms with Crippen molar-refractivity contribution in [3.63, 3.8) is 0 Å². The second-order valence-electron chi connectivity index (χ2n) is 4.13. The SMILES string of the molecule is COC(=O)CCN(C)C(=O)c1ccc(C(F)(F)F)cc1. The summed E-state index contributed by atoms with van der Waals surface area (Å²) in [5.41, 5.74) is -0.684. The van der Waals surface area contributed by atoms with Crippen LogP contribution in [0.5, 0.6) is 0 Å². The summed E-state index contributed by atoms with van der Waals surface area (Å²) in [6.45, 7) is 0.131. The minimum atomic E-state index is -4.43. The van der Waals surface area contributed by atoms with Crippen molar-refractivity contribution in [2.24, 2.45) is 0 Å². The highest BCUT2D eigenvalue weighted by molar-refractivity contribution is 5.94. The summed E-state index contributed by atoms with van der Waals surface area (Å²) in [6, 6.07) is 3.92.